The molecule has 0 aromatic heterocycles. The number of aliphatic hydroxyl groups excluding tert-OH is 1. The van der Waals surface area contributed by atoms with Gasteiger partial charge in [-0.05, 0) is 24.5 Å². The fraction of sp³-hybridized carbons (Fsp3) is 0.462. The Kier molecular flexibility index (Phi) is 4.50. The number of nitrogens with one attached hydrogen (secondary N) is 1. The summed E-state index contributed by atoms with van der Waals surface area (Å²) in [6.07, 6.45) is 0.655. The second kappa shape index (κ2) is 6.12. The van der Waals surface area contributed by atoms with Crippen molar-refractivity contribution >= 4 is 17.5 Å². The van der Waals surface area contributed by atoms with Gasteiger partial charge in [0.2, 0.25) is 6.79 Å². The van der Waals surface area contributed by atoms with Crippen LogP contribution in [0.2, 0.25) is 5.02 Å². The molecule has 2 N–H and O–H groups in total. The summed E-state index contributed by atoms with van der Waals surface area (Å²) in [6.45, 7) is 2.70. The lowest BCUT2D eigenvalue weighted by atomic mass is 10.1. The van der Waals surface area contributed by atoms with Crippen LogP contribution < -0.4 is 14.8 Å². The molecule has 0 fully saturated rings. The molecule has 1 atom stereocenters. The number of benzene rings is 1. The number of hydrogen-bond acceptors (Lipinski definition) is 4. The Morgan fingerprint density at radius 1 is 1.53 bits per heavy atom. The molecule has 1 aliphatic rings. The molecule has 0 aliphatic carbocycles. The number of amides is 1. The number of carbonyl (C=O) groups excluding carboxylic acids is 1. The van der Waals surface area contributed by atoms with Crippen molar-refractivity contribution in [1.29, 1.82) is 0 Å². The van der Waals surface area contributed by atoms with Gasteiger partial charge in [0.1, 0.15) is 0 Å². The maximum absolute atomic E-state index is 12.0. The molecule has 0 spiro atoms. The molecule has 1 aromatic rings. The Balaban J connectivity index is 2.02. The van der Waals surface area contributed by atoms with Crippen LogP contribution in [0.25, 0.3) is 0 Å². The first-order chi connectivity index (χ1) is 9.11. The minimum atomic E-state index is -0.218. The maximum atomic E-state index is 12.0. The van der Waals surface area contributed by atoms with Crippen LogP contribution >= 0.6 is 11.6 Å². The molecule has 1 heterocycles. The Labute approximate surface area is 116 Å². The number of hydrogen-bond donors (Lipinski definition) is 2. The zero-order valence-corrected chi connectivity index (χ0v) is 11.4. The molecule has 0 saturated carbocycles. The van der Waals surface area contributed by atoms with E-state index in [4.69, 9.17) is 26.2 Å². The lowest BCUT2D eigenvalue weighted by molar-refractivity contribution is 0.0945. The van der Waals surface area contributed by atoms with Crippen molar-refractivity contribution < 1.29 is 19.4 Å². The van der Waals surface area contributed by atoms with Crippen LogP contribution in [0.1, 0.15) is 23.7 Å². The molecule has 0 saturated heterocycles. The smallest absolute Gasteiger partial charge is 0.251 e. The highest BCUT2D eigenvalue weighted by Crippen LogP contribution is 2.39. The summed E-state index contributed by atoms with van der Waals surface area (Å²) in [5.74, 6) is 0.969. The fourth-order valence-electron chi connectivity index (χ4n) is 1.79. The van der Waals surface area contributed by atoms with Crippen molar-refractivity contribution in [2.45, 2.75) is 13.3 Å². The van der Waals surface area contributed by atoms with Crippen molar-refractivity contribution in [2.24, 2.45) is 5.92 Å². The summed E-state index contributed by atoms with van der Waals surface area (Å²) < 4.78 is 10.4. The maximum Gasteiger partial charge on any atom is 0.251 e. The predicted molar refractivity (Wildman–Crippen MR) is 70.8 cm³/mol. The lowest BCUT2D eigenvalue weighted by Gasteiger charge is -2.11. The third kappa shape index (κ3) is 3.30. The van der Waals surface area contributed by atoms with E-state index in [9.17, 15) is 4.79 Å². The molecular weight excluding hydrogens is 270 g/mol. The number of ether oxygens (including phenoxy) is 2. The molecule has 2 rings (SSSR count). The number of halogens is 1. The first-order valence-corrected chi connectivity index (χ1v) is 6.47. The van der Waals surface area contributed by atoms with E-state index in [1.54, 1.807) is 12.1 Å². The van der Waals surface area contributed by atoms with Crippen LogP contribution in [0, 0.1) is 5.92 Å². The number of fused-ring (bicyclic) bond motifs is 1. The second-order valence-corrected chi connectivity index (χ2v) is 4.93. The summed E-state index contributed by atoms with van der Waals surface area (Å²) in [5.41, 5.74) is 0.436. The summed E-state index contributed by atoms with van der Waals surface area (Å²) in [6, 6.07) is 3.17. The van der Waals surface area contributed by atoms with Gasteiger partial charge in [-0.1, -0.05) is 18.5 Å². The highest BCUT2D eigenvalue weighted by molar-refractivity contribution is 6.32. The van der Waals surface area contributed by atoms with Gasteiger partial charge in [-0.2, -0.15) is 0 Å². The van der Waals surface area contributed by atoms with Gasteiger partial charge in [-0.3, -0.25) is 4.79 Å². The predicted octanol–water partition coefficient (Wildman–Crippen LogP) is 1.82. The second-order valence-electron chi connectivity index (χ2n) is 4.52. The average molecular weight is 286 g/mol. The summed E-state index contributed by atoms with van der Waals surface area (Å²) in [5, 5.41) is 12.0. The van der Waals surface area contributed by atoms with Gasteiger partial charge in [-0.25, -0.2) is 0 Å². The summed E-state index contributed by atoms with van der Waals surface area (Å²) >= 11 is 6.01. The third-order valence-corrected chi connectivity index (χ3v) is 3.20. The van der Waals surface area contributed by atoms with Gasteiger partial charge < -0.3 is 19.9 Å². The normalized spacial score (nSPS) is 14.3. The standard InChI is InChI=1S/C13H16ClNO4/c1-8(2-3-16)6-15-13(17)9-4-10(14)12-11(5-9)18-7-19-12/h4-5,8,16H,2-3,6-7H2,1H3,(H,15,17). The Morgan fingerprint density at radius 3 is 3.05 bits per heavy atom. The molecule has 104 valence electrons. The molecule has 19 heavy (non-hydrogen) atoms. The Morgan fingerprint density at radius 2 is 2.32 bits per heavy atom. The van der Waals surface area contributed by atoms with Gasteiger partial charge in [0.15, 0.2) is 11.5 Å². The van der Waals surface area contributed by atoms with Crippen molar-refractivity contribution in [3.8, 4) is 11.5 Å². The van der Waals surface area contributed by atoms with Gasteiger partial charge in [0, 0.05) is 18.7 Å². The fourth-order valence-corrected chi connectivity index (χ4v) is 2.06. The number of aliphatic hydroxyl groups is 1. The Bertz CT molecular complexity index is 478. The molecule has 1 aromatic carbocycles. The van der Waals surface area contributed by atoms with E-state index < -0.39 is 0 Å². The van der Waals surface area contributed by atoms with Crippen LogP contribution in [0.3, 0.4) is 0 Å². The van der Waals surface area contributed by atoms with Crippen molar-refractivity contribution in [2.75, 3.05) is 19.9 Å². The number of carbonyl (C=O) groups is 1. The van der Waals surface area contributed by atoms with E-state index in [1.807, 2.05) is 6.92 Å². The highest BCUT2D eigenvalue weighted by atomic mass is 35.5. The van der Waals surface area contributed by atoms with E-state index in [-0.39, 0.29) is 25.2 Å². The van der Waals surface area contributed by atoms with E-state index in [0.29, 0.717) is 35.1 Å². The zero-order valence-electron chi connectivity index (χ0n) is 10.6. The monoisotopic (exact) mass is 285 g/mol. The molecule has 1 amide bonds. The summed E-state index contributed by atoms with van der Waals surface area (Å²) in [4.78, 5) is 12.0. The first kappa shape index (κ1) is 14.0. The first-order valence-electron chi connectivity index (χ1n) is 6.10. The minimum Gasteiger partial charge on any atom is -0.454 e. The van der Waals surface area contributed by atoms with E-state index in [1.165, 1.54) is 0 Å². The molecular formula is C13H16ClNO4. The topological polar surface area (TPSA) is 67.8 Å². The van der Waals surface area contributed by atoms with Crippen LogP contribution in [-0.4, -0.2) is 31.0 Å². The molecule has 0 radical (unpaired) electrons. The van der Waals surface area contributed by atoms with Gasteiger partial charge in [-0.15, -0.1) is 0 Å². The van der Waals surface area contributed by atoms with Gasteiger partial charge >= 0.3 is 0 Å². The van der Waals surface area contributed by atoms with Crippen LogP contribution in [0.4, 0.5) is 0 Å². The molecule has 6 heteroatoms. The molecule has 1 aliphatic heterocycles. The Hall–Kier alpha value is -1.46. The highest BCUT2D eigenvalue weighted by Gasteiger charge is 2.20. The van der Waals surface area contributed by atoms with Crippen molar-refractivity contribution in [3.05, 3.63) is 22.7 Å². The van der Waals surface area contributed by atoms with Gasteiger partial charge in [0.05, 0.1) is 5.02 Å². The summed E-state index contributed by atoms with van der Waals surface area (Å²) in [7, 11) is 0. The lowest BCUT2D eigenvalue weighted by Crippen LogP contribution is -2.28. The largest absolute Gasteiger partial charge is 0.454 e. The molecule has 1 unspecified atom stereocenters. The van der Waals surface area contributed by atoms with Crippen LogP contribution in [-0.2, 0) is 0 Å². The minimum absolute atomic E-state index is 0.118. The van der Waals surface area contributed by atoms with E-state index >= 15 is 0 Å². The van der Waals surface area contributed by atoms with Crippen LogP contribution in [0.5, 0.6) is 11.5 Å². The quantitative estimate of drug-likeness (QED) is 0.866. The average Bonchev–Trinajstić information content (AvgIpc) is 2.85. The van der Waals surface area contributed by atoms with Crippen molar-refractivity contribution in [1.82, 2.24) is 5.32 Å². The van der Waals surface area contributed by atoms with Crippen molar-refractivity contribution in [3.63, 3.8) is 0 Å². The van der Waals surface area contributed by atoms with Gasteiger partial charge in [0.25, 0.3) is 5.91 Å². The van der Waals surface area contributed by atoms with E-state index in [0.717, 1.165) is 0 Å². The SMILES string of the molecule is CC(CCO)CNC(=O)c1cc(Cl)c2c(c1)OCO2. The number of rotatable bonds is 5. The van der Waals surface area contributed by atoms with E-state index in [2.05, 4.69) is 5.32 Å². The molecule has 5 nitrogen and oxygen atoms in total. The zero-order chi connectivity index (χ0) is 13.8. The van der Waals surface area contributed by atoms with Crippen LogP contribution in [0.15, 0.2) is 12.1 Å². The third-order valence-electron chi connectivity index (χ3n) is 2.92. The molecule has 0 bridgehead atoms.